The Morgan fingerprint density at radius 2 is 2.33 bits per heavy atom. The third-order valence-electron chi connectivity index (χ3n) is 4.03. The van der Waals surface area contributed by atoms with Crippen LogP contribution < -0.4 is 10.6 Å². The van der Waals surface area contributed by atoms with Gasteiger partial charge < -0.3 is 15.5 Å². The largest absolute Gasteiger partial charge is 0.335 e. The molecule has 0 radical (unpaired) electrons. The minimum absolute atomic E-state index is 0.00795. The number of alkyl halides is 1. The van der Waals surface area contributed by atoms with E-state index >= 15 is 0 Å². The molecule has 0 spiro atoms. The Hall–Kier alpha value is -1.95. The maximum absolute atomic E-state index is 13.1. The van der Waals surface area contributed by atoms with Crippen molar-refractivity contribution >= 4 is 17.5 Å². The van der Waals surface area contributed by atoms with Crippen LogP contribution >= 0.6 is 0 Å². The van der Waals surface area contributed by atoms with E-state index in [1.54, 1.807) is 17.0 Å². The van der Waals surface area contributed by atoms with Gasteiger partial charge in [-0.15, -0.1) is 0 Å². The Bertz CT molecular complexity index is 590. The number of hydrogen-bond acceptors (Lipinski definition) is 3. The van der Waals surface area contributed by atoms with Crippen molar-refractivity contribution in [2.45, 2.75) is 32.1 Å². The van der Waals surface area contributed by atoms with Crippen molar-refractivity contribution in [1.29, 1.82) is 0 Å². The van der Waals surface area contributed by atoms with Crippen molar-refractivity contribution in [3.8, 4) is 0 Å². The maximum atomic E-state index is 13.1. The third-order valence-corrected chi connectivity index (χ3v) is 4.03. The molecule has 5 nitrogen and oxygen atoms in total. The van der Waals surface area contributed by atoms with E-state index in [0.29, 0.717) is 24.3 Å². The van der Waals surface area contributed by atoms with Crippen LogP contribution in [0.1, 0.15) is 29.3 Å². The molecule has 0 aromatic heterocycles. The summed E-state index contributed by atoms with van der Waals surface area (Å²) < 4.78 is 13.1. The molecule has 2 atom stereocenters. The van der Waals surface area contributed by atoms with E-state index in [9.17, 15) is 14.0 Å². The number of fused-ring (bicyclic) bond motifs is 1. The zero-order chi connectivity index (χ0) is 15.0. The first-order chi connectivity index (χ1) is 10.1. The summed E-state index contributed by atoms with van der Waals surface area (Å²) in [5.41, 5.74) is 2.19. The minimum atomic E-state index is -0.972. The zero-order valence-corrected chi connectivity index (χ0v) is 11.9. The molecule has 1 aromatic carbocycles. The van der Waals surface area contributed by atoms with Crippen molar-refractivity contribution in [2.75, 3.05) is 18.4 Å². The van der Waals surface area contributed by atoms with Crippen molar-refractivity contribution < 1.29 is 14.0 Å². The molecule has 1 fully saturated rings. The number of carbonyl (C=O) groups excluding carboxylic acids is 2. The monoisotopic (exact) mass is 291 g/mol. The molecule has 2 heterocycles. The van der Waals surface area contributed by atoms with Crippen LogP contribution in [0.4, 0.5) is 10.1 Å². The van der Waals surface area contributed by atoms with E-state index in [2.05, 4.69) is 10.6 Å². The van der Waals surface area contributed by atoms with E-state index in [0.717, 1.165) is 5.56 Å². The van der Waals surface area contributed by atoms with Gasteiger partial charge in [-0.3, -0.25) is 9.59 Å². The molecule has 6 heteroatoms. The fourth-order valence-corrected chi connectivity index (χ4v) is 2.82. The van der Waals surface area contributed by atoms with Gasteiger partial charge in [0.1, 0.15) is 6.17 Å². The number of halogens is 1. The zero-order valence-electron chi connectivity index (χ0n) is 11.9. The Morgan fingerprint density at radius 1 is 1.52 bits per heavy atom. The highest BCUT2D eigenvalue weighted by Crippen LogP contribution is 2.25. The van der Waals surface area contributed by atoms with Crippen molar-refractivity contribution in [1.82, 2.24) is 10.2 Å². The maximum Gasteiger partial charge on any atom is 0.254 e. The first-order valence-electron chi connectivity index (χ1n) is 7.19. The number of hydrogen-bond donors (Lipinski definition) is 2. The molecule has 2 N–H and O–H groups in total. The summed E-state index contributed by atoms with van der Waals surface area (Å²) in [5.74, 6) is -0.265. The van der Waals surface area contributed by atoms with E-state index in [-0.39, 0.29) is 24.8 Å². The highest BCUT2D eigenvalue weighted by molar-refractivity contribution is 6.01. The fourth-order valence-electron chi connectivity index (χ4n) is 2.82. The second-order valence-corrected chi connectivity index (χ2v) is 5.47. The first kappa shape index (κ1) is 14.0. The van der Waals surface area contributed by atoms with Crippen molar-refractivity contribution in [2.24, 2.45) is 0 Å². The standard InChI is InChI=1S/C15H18FN3O2/c1-2-19-8-9-3-4-11(6-12(9)15(19)21)18-14(20)13-5-10(16)7-17-13/h3-4,6,10,13,17H,2,5,7-8H2,1H3,(H,18,20). The first-order valence-corrected chi connectivity index (χ1v) is 7.19. The van der Waals surface area contributed by atoms with Gasteiger partial charge in [0.2, 0.25) is 5.91 Å². The molecule has 2 aliphatic rings. The second kappa shape index (κ2) is 5.44. The summed E-state index contributed by atoms with van der Waals surface area (Å²) in [6.45, 7) is 3.43. The lowest BCUT2D eigenvalue weighted by molar-refractivity contribution is -0.117. The van der Waals surface area contributed by atoms with Gasteiger partial charge in [-0.1, -0.05) is 6.07 Å². The number of nitrogens with zero attached hydrogens (tertiary/aromatic N) is 1. The van der Waals surface area contributed by atoms with E-state index < -0.39 is 12.2 Å². The van der Waals surface area contributed by atoms with Gasteiger partial charge in [-0.25, -0.2) is 4.39 Å². The summed E-state index contributed by atoms with van der Waals surface area (Å²) >= 11 is 0. The van der Waals surface area contributed by atoms with E-state index in [1.165, 1.54) is 0 Å². The van der Waals surface area contributed by atoms with Gasteiger partial charge in [0.15, 0.2) is 0 Å². The predicted octanol–water partition coefficient (Wildman–Crippen LogP) is 1.30. The fraction of sp³-hybridized carbons (Fsp3) is 0.467. The summed E-state index contributed by atoms with van der Waals surface area (Å²) in [4.78, 5) is 25.9. The van der Waals surface area contributed by atoms with Gasteiger partial charge >= 0.3 is 0 Å². The smallest absolute Gasteiger partial charge is 0.254 e. The SMILES string of the molecule is CCN1Cc2ccc(NC(=O)C3CC(F)CN3)cc2C1=O. The van der Waals surface area contributed by atoms with Crippen LogP contribution in [0.5, 0.6) is 0 Å². The van der Waals surface area contributed by atoms with Crippen LogP contribution in [-0.2, 0) is 11.3 Å². The van der Waals surface area contributed by atoms with Gasteiger partial charge in [0.25, 0.3) is 5.91 Å². The molecule has 1 saturated heterocycles. The number of nitrogens with one attached hydrogen (secondary N) is 2. The molecule has 2 amide bonds. The Morgan fingerprint density at radius 3 is 3.00 bits per heavy atom. The number of benzene rings is 1. The normalized spacial score (nSPS) is 24.3. The Labute approximate surface area is 122 Å². The highest BCUT2D eigenvalue weighted by Gasteiger charge is 2.30. The summed E-state index contributed by atoms with van der Waals surface area (Å²) in [5, 5.41) is 5.59. The van der Waals surface area contributed by atoms with Crippen LogP contribution in [0.15, 0.2) is 18.2 Å². The molecule has 0 aliphatic carbocycles. The molecule has 21 heavy (non-hydrogen) atoms. The van der Waals surface area contributed by atoms with Crippen LogP contribution in [0.25, 0.3) is 0 Å². The van der Waals surface area contributed by atoms with E-state index in [4.69, 9.17) is 0 Å². The average molecular weight is 291 g/mol. The molecular formula is C15H18FN3O2. The topological polar surface area (TPSA) is 61.4 Å². The summed E-state index contributed by atoms with van der Waals surface area (Å²) in [7, 11) is 0. The van der Waals surface area contributed by atoms with Gasteiger partial charge in [0, 0.05) is 37.3 Å². The molecule has 2 aliphatic heterocycles. The van der Waals surface area contributed by atoms with Crippen LogP contribution in [-0.4, -0.2) is 42.0 Å². The Balaban J connectivity index is 1.72. The van der Waals surface area contributed by atoms with E-state index in [1.807, 2.05) is 13.0 Å². The van der Waals surface area contributed by atoms with Crippen LogP contribution in [0, 0.1) is 0 Å². The molecule has 2 unspecified atom stereocenters. The highest BCUT2D eigenvalue weighted by atomic mass is 19.1. The van der Waals surface area contributed by atoms with Crippen LogP contribution in [0.3, 0.4) is 0 Å². The van der Waals surface area contributed by atoms with Crippen LogP contribution in [0.2, 0.25) is 0 Å². The van der Waals surface area contributed by atoms with Gasteiger partial charge in [-0.2, -0.15) is 0 Å². The minimum Gasteiger partial charge on any atom is -0.335 e. The Kier molecular flexibility index (Phi) is 3.63. The van der Waals surface area contributed by atoms with Gasteiger partial charge in [0.05, 0.1) is 6.04 Å². The number of anilines is 1. The molecular weight excluding hydrogens is 273 g/mol. The lowest BCUT2D eigenvalue weighted by Crippen LogP contribution is -2.35. The van der Waals surface area contributed by atoms with Gasteiger partial charge in [-0.05, 0) is 24.6 Å². The number of rotatable bonds is 3. The molecule has 3 rings (SSSR count). The molecule has 0 saturated carbocycles. The lowest BCUT2D eigenvalue weighted by atomic mass is 10.1. The molecule has 112 valence electrons. The lowest BCUT2D eigenvalue weighted by Gasteiger charge is -2.11. The quantitative estimate of drug-likeness (QED) is 0.882. The summed E-state index contributed by atoms with van der Waals surface area (Å²) in [6, 6.07) is 4.84. The predicted molar refractivity (Wildman–Crippen MR) is 76.8 cm³/mol. The molecule has 0 bridgehead atoms. The third kappa shape index (κ3) is 2.63. The number of carbonyl (C=O) groups is 2. The van der Waals surface area contributed by atoms with Crippen molar-refractivity contribution in [3.05, 3.63) is 29.3 Å². The van der Waals surface area contributed by atoms with Crippen molar-refractivity contribution in [3.63, 3.8) is 0 Å². The average Bonchev–Trinajstić information content (AvgIpc) is 3.03. The summed E-state index contributed by atoms with van der Waals surface area (Å²) in [6.07, 6.45) is -0.778. The number of amides is 2. The molecule has 1 aromatic rings. The second-order valence-electron chi connectivity index (χ2n) is 5.47.